The first kappa shape index (κ1) is 8.55. The van der Waals surface area contributed by atoms with Crippen LogP contribution in [-0.2, 0) is 0 Å². The lowest BCUT2D eigenvalue weighted by molar-refractivity contribution is 0.244. The third-order valence-corrected chi connectivity index (χ3v) is 4.50. The zero-order chi connectivity index (χ0) is 8.93. The first-order valence-corrected chi connectivity index (χ1v) is 5.38. The summed E-state index contributed by atoms with van der Waals surface area (Å²) in [6.45, 7) is 11.0. The second-order valence-electron chi connectivity index (χ2n) is 4.97. The molecule has 5 atom stereocenters. The minimum Gasteiger partial charge on any atom is -0.291 e. The molecule has 2 heterocycles. The number of fused-ring (bicyclic) bond motifs is 1. The van der Waals surface area contributed by atoms with E-state index in [-0.39, 0.29) is 0 Å². The average molecular weight is 167 g/mol. The van der Waals surface area contributed by atoms with E-state index in [2.05, 4.69) is 32.6 Å². The molecule has 0 aromatic rings. The monoisotopic (exact) mass is 167 g/mol. The fraction of sp³-hybridized carbons (Fsp3) is 1.00. The standard InChI is InChI=1S/C11H21N/c1-5-11(4)10-9(3)8(2)6-7-12(10)11/h8-10H,5-7H2,1-4H3. The summed E-state index contributed by atoms with van der Waals surface area (Å²) >= 11 is 0. The minimum absolute atomic E-state index is 0.574. The number of rotatable bonds is 1. The van der Waals surface area contributed by atoms with Crippen molar-refractivity contribution >= 4 is 0 Å². The molecule has 2 aliphatic heterocycles. The van der Waals surface area contributed by atoms with Gasteiger partial charge in [0.2, 0.25) is 0 Å². The average Bonchev–Trinajstić information content (AvgIpc) is 2.67. The van der Waals surface area contributed by atoms with E-state index in [1.807, 2.05) is 0 Å². The van der Waals surface area contributed by atoms with Gasteiger partial charge in [-0.15, -0.1) is 0 Å². The summed E-state index contributed by atoms with van der Waals surface area (Å²) in [4.78, 5) is 2.71. The molecule has 0 spiro atoms. The van der Waals surface area contributed by atoms with E-state index < -0.39 is 0 Å². The normalized spacial score (nSPS) is 58.0. The molecule has 0 bridgehead atoms. The van der Waals surface area contributed by atoms with Gasteiger partial charge >= 0.3 is 0 Å². The quantitative estimate of drug-likeness (QED) is 0.542. The van der Waals surface area contributed by atoms with Crippen LogP contribution in [0.1, 0.15) is 40.5 Å². The molecule has 0 aliphatic carbocycles. The van der Waals surface area contributed by atoms with E-state index >= 15 is 0 Å². The third-order valence-electron chi connectivity index (χ3n) is 4.50. The molecule has 2 aliphatic rings. The van der Waals surface area contributed by atoms with Crippen LogP contribution in [0.4, 0.5) is 0 Å². The first-order valence-electron chi connectivity index (χ1n) is 5.38. The topological polar surface area (TPSA) is 3.01 Å². The maximum Gasteiger partial charge on any atom is 0.0340 e. The van der Waals surface area contributed by atoms with Crippen LogP contribution >= 0.6 is 0 Å². The number of hydrogen-bond donors (Lipinski definition) is 0. The fourth-order valence-electron chi connectivity index (χ4n) is 3.10. The van der Waals surface area contributed by atoms with Gasteiger partial charge in [0.25, 0.3) is 0 Å². The highest BCUT2D eigenvalue weighted by Gasteiger charge is 2.61. The van der Waals surface area contributed by atoms with Crippen molar-refractivity contribution in [3.63, 3.8) is 0 Å². The van der Waals surface area contributed by atoms with Crippen LogP contribution in [0.5, 0.6) is 0 Å². The highest BCUT2D eigenvalue weighted by Crippen LogP contribution is 2.52. The van der Waals surface area contributed by atoms with E-state index in [0.717, 1.165) is 17.9 Å². The van der Waals surface area contributed by atoms with E-state index in [9.17, 15) is 0 Å². The lowest BCUT2D eigenvalue weighted by atomic mass is 9.84. The molecule has 0 saturated carbocycles. The molecule has 0 amide bonds. The molecule has 0 radical (unpaired) electrons. The zero-order valence-electron chi connectivity index (χ0n) is 8.80. The van der Waals surface area contributed by atoms with E-state index in [4.69, 9.17) is 0 Å². The summed E-state index contributed by atoms with van der Waals surface area (Å²) in [6.07, 6.45) is 2.74. The summed E-state index contributed by atoms with van der Waals surface area (Å²) in [6, 6.07) is 0.909. The zero-order valence-corrected chi connectivity index (χ0v) is 8.80. The Kier molecular flexibility index (Phi) is 1.76. The van der Waals surface area contributed by atoms with E-state index in [0.29, 0.717) is 5.54 Å². The maximum atomic E-state index is 2.71. The predicted molar refractivity (Wildman–Crippen MR) is 52.1 cm³/mol. The Morgan fingerprint density at radius 1 is 1.42 bits per heavy atom. The van der Waals surface area contributed by atoms with Gasteiger partial charge < -0.3 is 0 Å². The number of nitrogens with zero attached hydrogens (tertiary/aromatic N) is 1. The first-order chi connectivity index (χ1) is 5.61. The van der Waals surface area contributed by atoms with Gasteiger partial charge in [-0.25, -0.2) is 0 Å². The molecule has 0 aromatic carbocycles. The molecule has 0 aromatic heterocycles. The minimum atomic E-state index is 0.574. The van der Waals surface area contributed by atoms with Crippen molar-refractivity contribution in [2.45, 2.75) is 52.1 Å². The van der Waals surface area contributed by atoms with Crippen molar-refractivity contribution in [2.24, 2.45) is 11.8 Å². The molecule has 0 N–H and O–H groups in total. The molecule has 2 rings (SSSR count). The Hall–Kier alpha value is -0.0400. The summed E-state index contributed by atoms with van der Waals surface area (Å²) < 4.78 is 0. The van der Waals surface area contributed by atoms with Gasteiger partial charge in [0, 0.05) is 11.6 Å². The van der Waals surface area contributed by atoms with Crippen LogP contribution in [0, 0.1) is 11.8 Å². The van der Waals surface area contributed by atoms with Crippen molar-refractivity contribution in [1.82, 2.24) is 4.90 Å². The van der Waals surface area contributed by atoms with Crippen molar-refractivity contribution in [3.05, 3.63) is 0 Å². The smallest absolute Gasteiger partial charge is 0.0340 e. The fourth-order valence-corrected chi connectivity index (χ4v) is 3.10. The van der Waals surface area contributed by atoms with Gasteiger partial charge in [0.1, 0.15) is 0 Å². The Morgan fingerprint density at radius 2 is 2.08 bits per heavy atom. The lowest BCUT2D eigenvalue weighted by Gasteiger charge is -2.24. The molecule has 12 heavy (non-hydrogen) atoms. The van der Waals surface area contributed by atoms with Crippen LogP contribution in [0.25, 0.3) is 0 Å². The Morgan fingerprint density at radius 3 is 2.67 bits per heavy atom. The molecule has 2 saturated heterocycles. The van der Waals surface area contributed by atoms with E-state index in [1.54, 1.807) is 0 Å². The van der Waals surface area contributed by atoms with Gasteiger partial charge in [0.05, 0.1) is 0 Å². The van der Waals surface area contributed by atoms with Crippen LogP contribution in [0.2, 0.25) is 0 Å². The van der Waals surface area contributed by atoms with E-state index in [1.165, 1.54) is 19.4 Å². The van der Waals surface area contributed by atoms with Crippen LogP contribution in [0.15, 0.2) is 0 Å². The van der Waals surface area contributed by atoms with Crippen molar-refractivity contribution in [3.8, 4) is 0 Å². The van der Waals surface area contributed by atoms with Crippen LogP contribution in [0.3, 0.4) is 0 Å². The third kappa shape index (κ3) is 0.891. The van der Waals surface area contributed by atoms with Crippen molar-refractivity contribution < 1.29 is 0 Å². The second-order valence-corrected chi connectivity index (χ2v) is 4.97. The van der Waals surface area contributed by atoms with Crippen LogP contribution < -0.4 is 0 Å². The summed E-state index contributed by atoms with van der Waals surface area (Å²) in [5, 5.41) is 0. The molecule has 1 nitrogen and oxygen atoms in total. The van der Waals surface area contributed by atoms with Crippen molar-refractivity contribution in [2.75, 3.05) is 6.54 Å². The lowest BCUT2D eigenvalue weighted by Crippen LogP contribution is -2.26. The SMILES string of the molecule is CCC1(C)C2C(C)C(C)CCN21. The Labute approximate surface area is 76.1 Å². The van der Waals surface area contributed by atoms with Gasteiger partial charge in [0.15, 0.2) is 0 Å². The molecule has 2 fully saturated rings. The highest BCUT2D eigenvalue weighted by molar-refractivity contribution is 5.17. The Balaban J connectivity index is 2.11. The molecular formula is C11H21N. The largest absolute Gasteiger partial charge is 0.291 e. The van der Waals surface area contributed by atoms with Gasteiger partial charge in [-0.3, -0.25) is 4.90 Å². The Bertz CT molecular complexity index is 187. The molecule has 70 valence electrons. The highest BCUT2D eigenvalue weighted by atomic mass is 15.4. The maximum absolute atomic E-state index is 2.71. The van der Waals surface area contributed by atoms with Gasteiger partial charge in [-0.2, -0.15) is 0 Å². The van der Waals surface area contributed by atoms with Crippen molar-refractivity contribution in [1.29, 1.82) is 0 Å². The predicted octanol–water partition coefficient (Wildman–Crippen LogP) is 2.52. The number of hydrogen-bond acceptors (Lipinski definition) is 1. The van der Waals surface area contributed by atoms with Gasteiger partial charge in [-0.05, 0) is 38.1 Å². The molecule has 5 unspecified atom stereocenters. The van der Waals surface area contributed by atoms with Gasteiger partial charge in [-0.1, -0.05) is 20.8 Å². The second kappa shape index (κ2) is 2.47. The molecule has 1 heteroatoms. The summed E-state index contributed by atoms with van der Waals surface area (Å²) in [7, 11) is 0. The van der Waals surface area contributed by atoms with Crippen LogP contribution in [-0.4, -0.2) is 23.0 Å². The number of piperidine rings is 1. The molecular weight excluding hydrogens is 146 g/mol. The summed E-state index contributed by atoms with van der Waals surface area (Å²) in [5.74, 6) is 1.86. The summed E-state index contributed by atoms with van der Waals surface area (Å²) in [5.41, 5.74) is 0.574.